The second-order valence-corrected chi connectivity index (χ2v) is 5.19. The Morgan fingerprint density at radius 2 is 2.15 bits per heavy atom. The van der Waals surface area contributed by atoms with Gasteiger partial charge in [0.1, 0.15) is 6.54 Å². The van der Waals surface area contributed by atoms with Crippen molar-refractivity contribution < 1.29 is 24.2 Å². The van der Waals surface area contributed by atoms with Crippen LogP contribution in [0.15, 0.2) is 0 Å². The largest absolute Gasteiger partial charge is 0.480 e. The van der Waals surface area contributed by atoms with E-state index >= 15 is 0 Å². The van der Waals surface area contributed by atoms with E-state index in [4.69, 9.17) is 9.84 Å². The smallest absolute Gasteiger partial charge is 0.323 e. The third kappa shape index (κ3) is 4.19. The van der Waals surface area contributed by atoms with Crippen LogP contribution in [0.25, 0.3) is 0 Å². The summed E-state index contributed by atoms with van der Waals surface area (Å²) in [4.78, 5) is 37.8. The van der Waals surface area contributed by atoms with Crippen LogP contribution < -0.4 is 0 Å². The number of carbonyl (C=O) groups is 3. The molecule has 0 spiro atoms. The fourth-order valence-corrected chi connectivity index (χ4v) is 2.25. The van der Waals surface area contributed by atoms with Crippen LogP contribution in [0.4, 0.5) is 0 Å². The number of aliphatic carboxylic acids is 1. The Hall–Kier alpha value is -1.63. The zero-order chi connectivity index (χ0) is 15.3. The number of hydrogen-bond donors (Lipinski definition) is 1. The maximum atomic E-state index is 12.3. The van der Waals surface area contributed by atoms with Gasteiger partial charge in [0.15, 0.2) is 0 Å². The van der Waals surface area contributed by atoms with E-state index in [1.165, 1.54) is 4.90 Å². The molecule has 0 radical (unpaired) electrons. The average Bonchev–Trinajstić information content (AvgIpc) is 2.73. The van der Waals surface area contributed by atoms with Crippen molar-refractivity contribution in [2.45, 2.75) is 26.3 Å². The quantitative estimate of drug-likeness (QED) is 0.700. The van der Waals surface area contributed by atoms with Gasteiger partial charge in [-0.05, 0) is 13.8 Å². The van der Waals surface area contributed by atoms with Gasteiger partial charge in [-0.1, -0.05) is 0 Å². The van der Waals surface area contributed by atoms with Gasteiger partial charge in [0.05, 0.1) is 12.5 Å². The molecular weight excluding hydrogens is 264 g/mol. The first-order valence-electron chi connectivity index (χ1n) is 6.65. The highest BCUT2D eigenvalue weighted by atomic mass is 16.5. The summed E-state index contributed by atoms with van der Waals surface area (Å²) in [6.07, 6.45) is 0.144. The van der Waals surface area contributed by atoms with Crippen LogP contribution in [-0.2, 0) is 19.1 Å². The van der Waals surface area contributed by atoms with Gasteiger partial charge in [-0.25, -0.2) is 0 Å². The van der Waals surface area contributed by atoms with E-state index in [0.29, 0.717) is 19.7 Å². The van der Waals surface area contributed by atoms with Crippen LogP contribution in [-0.4, -0.2) is 72.1 Å². The molecule has 1 heterocycles. The van der Waals surface area contributed by atoms with Crippen LogP contribution in [0.5, 0.6) is 0 Å². The van der Waals surface area contributed by atoms with Crippen LogP contribution >= 0.6 is 0 Å². The van der Waals surface area contributed by atoms with Gasteiger partial charge < -0.3 is 19.6 Å². The molecule has 0 aromatic heterocycles. The summed E-state index contributed by atoms with van der Waals surface area (Å²) in [7, 11) is 1.55. The molecule has 7 heteroatoms. The normalized spacial score (nSPS) is 18.7. The Morgan fingerprint density at radius 3 is 2.65 bits per heavy atom. The summed E-state index contributed by atoms with van der Waals surface area (Å²) in [6, 6.07) is -0.207. The zero-order valence-corrected chi connectivity index (χ0v) is 12.2. The molecule has 114 valence electrons. The van der Waals surface area contributed by atoms with Gasteiger partial charge in [0.2, 0.25) is 11.8 Å². The third-order valence-electron chi connectivity index (χ3n) is 3.34. The van der Waals surface area contributed by atoms with E-state index in [2.05, 4.69) is 0 Å². The maximum absolute atomic E-state index is 12.3. The molecule has 1 fully saturated rings. The van der Waals surface area contributed by atoms with Crippen molar-refractivity contribution in [3.05, 3.63) is 0 Å². The van der Waals surface area contributed by atoms with Gasteiger partial charge in [0.25, 0.3) is 0 Å². The highest BCUT2D eigenvalue weighted by Gasteiger charge is 2.37. The number of carbonyl (C=O) groups excluding carboxylic acids is 2. The number of carboxylic acid groups (broad SMARTS) is 1. The number of likely N-dealkylation sites (tertiary alicyclic amines) is 1. The summed E-state index contributed by atoms with van der Waals surface area (Å²) in [6.45, 7) is 4.42. The number of rotatable bonds is 7. The molecule has 0 aliphatic carbocycles. The monoisotopic (exact) mass is 286 g/mol. The first-order valence-corrected chi connectivity index (χ1v) is 6.65. The van der Waals surface area contributed by atoms with Gasteiger partial charge in [-0.15, -0.1) is 0 Å². The topological polar surface area (TPSA) is 87.2 Å². The van der Waals surface area contributed by atoms with E-state index in [1.54, 1.807) is 25.9 Å². The molecule has 1 atom stereocenters. The van der Waals surface area contributed by atoms with E-state index in [-0.39, 0.29) is 30.8 Å². The zero-order valence-electron chi connectivity index (χ0n) is 12.2. The predicted molar refractivity (Wildman–Crippen MR) is 71.0 cm³/mol. The molecule has 7 nitrogen and oxygen atoms in total. The minimum Gasteiger partial charge on any atom is -0.480 e. The van der Waals surface area contributed by atoms with Crippen molar-refractivity contribution in [2.24, 2.45) is 5.92 Å². The van der Waals surface area contributed by atoms with E-state index in [9.17, 15) is 14.4 Å². The lowest BCUT2D eigenvalue weighted by Gasteiger charge is -2.27. The van der Waals surface area contributed by atoms with Crippen LogP contribution in [0, 0.1) is 5.92 Å². The Bertz CT molecular complexity index is 383. The number of nitrogens with zero attached hydrogens (tertiary/aromatic N) is 2. The minimum atomic E-state index is -1.05. The van der Waals surface area contributed by atoms with Crippen molar-refractivity contribution >= 4 is 17.8 Å². The summed E-state index contributed by atoms with van der Waals surface area (Å²) in [5, 5.41) is 8.86. The van der Waals surface area contributed by atoms with E-state index < -0.39 is 11.9 Å². The second kappa shape index (κ2) is 7.23. The minimum absolute atomic E-state index is 0.0839. The molecule has 0 bridgehead atoms. The molecule has 1 aliphatic rings. The Balaban J connectivity index is 2.67. The van der Waals surface area contributed by atoms with Gasteiger partial charge in [0, 0.05) is 32.7 Å². The Labute approximate surface area is 118 Å². The van der Waals surface area contributed by atoms with E-state index in [0.717, 1.165) is 0 Å². The summed E-state index contributed by atoms with van der Waals surface area (Å²) >= 11 is 0. The molecule has 0 aromatic carbocycles. The number of amides is 2. The second-order valence-electron chi connectivity index (χ2n) is 5.19. The fraction of sp³-hybridized carbons (Fsp3) is 0.769. The van der Waals surface area contributed by atoms with Crippen molar-refractivity contribution in [1.29, 1.82) is 0 Å². The lowest BCUT2D eigenvalue weighted by molar-refractivity contribution is -0.147. The highest BCUT2D eigenvalue weighted by Crippen LogP contribution is 2.21. The lowest BCUT2D eigenvalue weighted by Crippen LogP contribution is -2.44. The molecule has 1 N–H and O–H groups in total. The van der Waals surface area contributed by atoms with Crippen molar-refractivity contribution in [1.82, 2.24) is 9.80 Å². The summed E-state index contributed by atoms with van der Waals surface area (Å²) < 4.78 is 4.92. The molecule has 0 saturated carbocycles. The standard InChI is InChI=1S/C13H22N2O5/c1-9(2)15(8-12(17)18)13(19)10-6-11(16)14(7-10)4-5-20-3/h9-10H,4-8H2,1-3H3,(H,17,18). The number of hydrogen-bond acceptors (Lipinski definition) is 4. The summed E-state index contributed by atoms with van der Waals surface area (Å²) in [5.41, 5.74) is 0. The Kier molecular flexibility index (Phi) is 5.94. The molecule has 1 rings (SSSR count). The van der Waals surface area contributed by atoms with Crippen molar-refractivity contribution in [3.63, 3.8) is 0 Å². The molecule has 1 saturated heterocycles. The highest BCUT2D eigenvalue weighted by molar-refractivity contribution is 5.90. The Morgan fingerprint density at radius 1 is 1.50 bits per heavy atom. The number of methoxy groups -OCH3 is 1. The lowest BCUT2D eigenvalue weighted by atomic mass is 10.1. The van der Waals surface area contributed by atoms with E-state index in [1.807, 2.05) is 0 Å². The molecule has 2 amide bonds. The third-order valence-corrected chi connectivity index (χ3v) is 3.34. The first-order chi connectivity index (χ1) is 9.36. The molecular formula is C13H22N2O5. The first kappa shape index (κ1) is 16.4. The molecule has 20 heavy (non-hydrogen) atoms. The number of carboxylic acids is 1. The van der Waals surface area contributed by atoms with Crippen molar-refractivity contribution in [2.75, 3.05) is 33.4 Å². The predicted octanol–water partition coefficient (Wildman–Crippen LogP) is -0.197. The van der Waals surface area contributed by atoms with Crippen LogP contribution in [0.1, 0.15) is 20.3 Å². The molecule has 0 aromatic rings. The fourth-order valence-electron chi connectivity index (χ4n) is 2.25. The van der Waals surface area contributed by atoms with Gasteiger partial charge in [-0.2, -0.15) is 0 Å². The molecule has 1 aliphatic heterocycles. The van der Waals surface area contributed by atoms with Gasteiger partial charge in [-0.3, -0.25) is 14.4 Å². The van der Waals surface area contributed by atoms with Gasteiger partial charge >= 0.3 is 5.97 Å². The number of ether oxygens (including phenoxy) is 1. The summed E-state index contributed by atoms with van der Waals surface area (Å²) in [5.74, 6) is -1.86. The van der Waals surface area contributed by atoms with Crippen molar-refractivity contribution in [3.8, 4) is 0 Å². The SMILES string of the molecule is COCCN1CC(C(=O)N(CC(=O)O)C(C)C)CC1=O. The average molecular weight is 286 g/mol. The van der Waals surface area contributed by atoms with Crippen LogP contribution in [0.2, 0.25) is 0 Å². The van der Waals surface area contributed by atoms with Crippen LogP contribution in [0.3, 0.4) is 0 Å². The molecule has 1 unspecified atom stereocenters. The maximum Gasteiger partial charge on any atom is 0.323 e.